The van der Waals surface area contributed by atoms with E-state index in [1.807, 2.05) is 6.26 Å². The number of thioether (sulfide) groups is 1. The zero-order chi connectivity index (χ0) is 13.1. The third kappa shape index (κ3) is 2.23. The molecule has 0 aliphatic carbocycles. The smallest absolute Gasteiger partial charge is 0.339 e. The van der Waals surface area contributed by atoms with Crippen molar-refractivity contribution in [3.05, 3.63) is 35.3 Å². The van der Waals surface area contributed by atoms with E-state index in [0.717, 1.165) is 4.90 Å². The van der Waals surface area contributed by atoms with Crippen molar-refractivity contribution in [3.8, 4) is 11.3 Å². The highest BCUT2D eigenvalue weighted by Crippen LogP contribution is 2.38. The van der Waals surface area contributed by atoms with Crippen LogP contribution in [0.25, 0.3) is 11.3 Å². The minimum Gasteiger partial charge on any atom is -0.465 e. The van der Waals surface area contributed by atoms with Crippen LogP contribution in [-0.4, -0.2) is 24.3 Å². The number of hydrogen-bond donors (Lipinski definition) is 0. The molecule has 0 atom stereocenters. The molecule has 1 aromatic carbocycles. The Morgan fingerprint density at radius 2 is 2.28 bits per heavy atom. The summed E-state index contributed by atoms with van der Waals surface area (Å²) < 4.78 is 9.94. The van der Waals surface area contributed by atoms with Gasteiger partial charge in [0.1, 0.15) is 0 Å². The Labute approximate surface area is 113 Å². The van der Waals surface area contributed by atoms with Gasteiger partial charge < -0.3 is 9.15 Å². The van der Waals surface area contributed by atoms with E-state index in [0.29, 0.717) is 21.9 Å². The van der Waals surface area contributed by atoms with E-state index in [1.165, 1.54) is 25.3 Å². The summed E-state index contributed by atoms with van der Waals surface area (Å²) in [6.07, 6.45) is 4.80. The number of nitrogens with zero attached hydrogens (tertiary/aromatic N) is 1. The minimum absolute atomic E-state index is 0.309. The molecule has 18 heavy (non-hydrogen) atoms. The zero-order valence-corrected chi connectivity index (χ0v) is 11.3. The molecule has 2 rings (SSSR count). The van der Waals surface area contributed by atoms with Crippen LogP contribution in [0, 0.1) is 0 Å². The van der Waals surface area contributed by atoms with Gasteiger partial charge in [-0.25, -0.2) is 9.78 Å². The maximum atomic E-state index is 11.6. The first kappa shape index (κ1) is 13.0. The number of esters is 1. The van der Waals surface area contributed by atoms with Crippen LogP contribution in [-0.2, 0) is 4.74 Å². The highest BCUT2D eigenvalue weighted by Gasteiger charge is 2.20. The van der Waals surface area contributed by atoms with Crippen LogP contribution in [0.3, 0.4) is 0 Å². The lowest BCUT2D eigenvalue weighted by Crippen LogP contribution is -2.03. The second-order valence-corrected chi connectivity index (χ2v) is 4.59. The molecule has 0 radical (unpaired) electrons. The van der Waals surface area contributed by atoms with Gasteiger partial charge in [0.05, 0.1) is 29.5 Å². The Bertz CT molecular complexity index is 569. The second-order valence-electron chi connectivity index (χ2n) is 3.36. The van der Waals surface area contributed by atoms with Gasteiger partial charge in [0.2, 0.25) is 0 Å². The molecule has 0 amide bonds. The Hall–Kier alpha value is -1.46. The summed E-state index contributed by atoms with van der Waals surface area (Å²) in [5.41, 5.74) is 0.966. The van der Waals surface area contributed by atoms with Crippen molar-refractivity contribution in [3.63, 3.8) is 0 Å². The quantitative estimate of drug-likeness (QED) is 0.637. The van der Waals surface area contributed by atoms with E-state index in [2.05, 4.69) is 9.72 Å². The number of halogens is 1. The molecule has 0 fully saturated rings. The van der Waals surface area contributed by atoms with Crippen LogP contribution in [0.1, 0.15) is 10.4 Å². The lowest BCUT2D eigenvalue weighted by molar-refractivity contribution is 0.0601. The molecule has 0 saturated heterocycles. The number of ether oxygens (including phenoxy) is 1. The van der Waals surface area contributed by atoms with E-state index in [-0.39, 0.29) is 0 Å². The number of carbonyl (C=O) groups is 1. The lowest BCUT2D eigenvalue weighted by Gasteiger charge is -2.10. The molecular weight excluding hydrogens is 274 g/mol. The second kappa shape index (κ2) is 5.46. The van der Waals surface area contributed by atoms with Gasteiger partial charge in [0.25, 0.3) is 0 Å². The fourth-order valence-corrected chi connectivity index (χ4v) is 2.57. The first-order chi connectivity index (χ1) is 8.69. The SMILES string of the molecule is COC(=O)c1ccc(SC)c(-c2cnco2)c1Cl. The third-order valence-electron chi connectivity index (χ3n) is 2.41. The van der Waals surface area contributed by atoms with E-state index in [9.17, 15) is 4.79 Å². The first-order valence-corrected chi connectivity index (χ1v) is 6.63. The average molecular weight is 284 g/mol. The fraction of sp³-hybridized carbons (Fsp3) is 0.167. The van der Waals surface area contributed by atoms with Gasteiger partial charge in [-0.3, -0.25) is 0 Å². The lowest BCUT2D eigenvalue weighted by atomic mass is 10.1. The summed E-state index contributed by atoms with van der Waals surface area (Å²) in [6.45, 7) is 0. The predicted octanol–water partition coefficient (Wildman–Crippen LogP) is 3.50. The number of aromatic nitrogens is 1. The number of benzene rings is 1. The topological polar surface area (TPSA) is 52.3 Å². The van der Waals surface area contributed by atoms with Gasteiger partial charge in [-0.1, -0.05) is 11.6 Å². The number of hydrogen-bond acceptors (Lipinski definition) is 5. The van der Waals surface area contributed by atoms with Crippen molar-refractivity contribution < 1.29 is 13.9 Å². The molecule has 1 heterocycles. The normalized spacial score (nSPS) is 10.4. The summed E-state index contributed by atoms with van der Waals surface area (Å²) in [5, 5.41) is 0.311. The molecule has 0 saturated carbocycles. The van der Waals surface area contributed by atoms with Crippen molar-refractivity contribution in [2.24, 2.45) is 0 Å². The zero-order valence-electron chi connectivity index (χ0n) is 9.77. The highest BCUT2D eigenvalue weighted by molar-refractivity contribution is 7.98. The molecular formula is C12H10ClNO3S. The highest BCUT2D eigenvalue weighted by atomic mass is 35.5. The van der Waals surface area contributed by atoms with Gasteiger partial charge in [0, 0.05) is 4.90 Å². The van der Waals surface area contributed by atoms with Crippen molar-refractivity contribution >= 4 is 29.3 Å². The van der Waals surface area contributed by atoms with Gasteiger partial charge in [-0.15, -0.1) is 11.8 Å². The Morgan fingerprint density at radius 1 is 1.50 bits per heavy atom. The molecule has 0 aliphatic heterocycles. The molecule has 0 N–H and O–H groups in total. The minimum atomic E-state index is -0.478. The number of methoxy groups -OCH3 is 1. The fourth-order valence-electron chi connectivity index (χ4n) is 1.56. The molecule has 6 heteroatoms. The van der Waals surface area contributed by atoms with Crippen molar-refractivity contribution in [1.29, 1.82) is 0 Å². The average Bonchev–Trinajstić information content (AvgIpc) is 2.90. The van der Waals surface area contributed by atoms with E-state index < -0.39 is 5.97 Å². The van der Waals surface area contributed by atoms with Crippen molar-refractivity contribution in [2.75, 3.05) is 13.4 Å². The molecule has 0 aliphatic rings. The van der Waals surface area contributed by atoms with Crippen LogP contribution in [0.2, 0.25) is 5.02 Å². The predicted molar refractivity (Wildman–Crippen MR) is 70.1 cm³/mol. The van der Waals surface area contributed by atoms with Crippen LogP contribution in [0.15, 0.2) is 34.0 Å². The summed E-state index contributed by atoms with van der Waals surface area (Å²) in [6, 6.07) is 3.44. The third-order valence-corrected chi connectivity index (χ3v) is 3.58. The van der Waals surface area contributed by atoms with Crippen LogP contribution in [0.5, 0.6) is 0 Å². The van der Waals surface area contributed by atoms with E-state index >= 15 is 0 Å². The summed E-state index contributed by atoms with van der Waals surface area (Å²) in [7, 11) is 1.31. The summed E-state index contributed by atoms with van der Waals surface area (Å²) >= 11 is 7.77. The largest absolute Gasteiger partial charge is 0.465 e. The van der Waals surface area contributed by atoms with E-state index in [4.69, 9.17) is 16.0 Å². The molecule has 2 aromatic rings. The molecule has 0 spiro atoms. The molecule has 0 bridgehead atoms. The van der Waals surface area contributed by atoms with Gasteiger partial charge in [0.15, 0.2) is 12.2 Å². The molecule has 94 valence electrons. The van der Waals surface area contributed by atoms with Crippen LogP contribution >= 0.6 is 23.4 Å². The Kier molecular flexibility index (Phi) is 3.93. The monoisotopic (exact) mass is 283 g/mol. The number of oxazole rings is 1. The van der Waals surface area contributed by atoms with E-state index in [1.54, 1.807) is 18.3 Å². The van der Waals surface area contributed by atoms with Gasteiger partial charge in [-0.2, -0.15) is 0 Å². The maximum Gasteiger partial charge on any atom is 0.339 e. The number of rotatable bonds is 3. The molecule has 4 nitrogen and oxygen atoms in total. The van der Waals surface area contributed by atoms with Crippen LogP contribution < -0.4 is 0 Å². The molecule has 0 unspecified atom stereocenters. The van der Waals surface area contributed by atoms with Gasteiger partial charge in [-0.05, 0) is 18.4 Å². The standard InChI is InChI=1S/C12H10ClNO3S/c1-16-12(15)7-3-4-9(18-2)10(11(7)13)8-5-14-6-17-8/h3-6H,1-2H3. The Balaban J connectivity index is 2.65. The van der Waals surface area contributed by atoms with Gasteiger partial charge >= 0.3 is 5.97 Å². The van der Waals surface area contributed by atoms with Crippen molar-refractivity contribution in [1.82, 2.24) is 4.98 Å². The maximum absolute atomic E-state index is 11.6. The number of carbonyl (C=O) groups excluding carboxylic acids is 1. The molecule has 1 aromatic heterocycles. The van der Waals surface area contributed by atoms with Crippen molar-refractivity contribution in [2.45, 2.75) is 4.90 Å². The summed E-state index contributed by atoms with van der Waals surface area (Å²) in [5.74, 6) is 0.0449. The summed E-state index contributed by atoms with van der Waals surface area (Å²) in [4.78, 5) is 16.4. The van der Waals surface area contributed by atoms with Crippen LogP contribution in [0.4, 0.5) is 0 Å². The Morgan fingerprint density at radius 3 is 2.83 bits per heavy atom. The first-order valence-electron chi connectivity index (χ1n) is 5.02.